The number of alkyl halides is 3. The Morgan fingerprint density at radius 3 is 2.15 bits per heavy atom. The first-order valence-corrected chi connectivity index (χ1v) is 13.3. The van der Waals surface area contributed by atoms with Gasteiger partial charge in [0.05, 0.1) is 28.9 Å². The van der Waals surface area contributed by atoms with Crippen molar-refractivity contribution in [2.75, 3.05) is 29.5 Å². The van der Waals surface area contributed by atoms with E-state index in [-0.39, 0.29) is 42.7 Å². The molecule has 41 heavy (non-hydrogen) atoms. The Hall–Kier alpha value is -3.45. The highest BCUT2D eigenvalue weighted by molar-refractivity contribution is 6.14. The fourth-order valence-electron chi connectivity index (χ4n) is 6.17. The lowest BCUT2D eigenvalue weighted by Crippen LogP contribution is -2.50. The van der Waals surface area contributed by atoms with Crippen molar-refractivity contribution in [1.29, 1.82) is 0 Å². The van der Waals surface area contributed by atoms with Gasteiger partial charge in [0.25, 0.3) is 11.8 Å². The standard InChI is InChI=1S/C28H28F6N4O3/c1-4-36(5-2)17-7-15(8-17)13-37-22-12-18(38-23(39)6-14(3)35-38)11-19(28(32,33)34)24(22)27(41,26(37)40)25-20(30)9-16(29)10-21(25)31/h9-12,15,17,41H,4-8,13H2,1-3H3. The van der Waals surface area contributed by atoms with Crippen LogP contribution in [0.3, 0.4) is 0 Å². The third-order valence-electron chi connectivity index (χ3n) is 8.12. The van der Waals surface area contributed by atoms with E-state index in [0.29, 0.717) is 24.6 Å². The molecule has 0 saturated heterocycles. The smallest absolute Gasteiger partial charge is 0.371 e. The first-order valence-electron chi connectivity index (χ1n) is 13.3. The summed E-state index contributed by atoms with van der Waals surface area (Å²) in [6.45, 7) is 6.93. The summed E-state index contributed by atoms with van der Waals surface area (Å²) in [6.07, 6.45) is -4.15. The highest BCUT2D eigenvalue weighted by Gasteiger charge is 2.58. The summed E-state index contributed by atoms with van der Waals surface area (Å²) < 4.78 is 87.6. The molecule has 0 radical (unpaired) electrons. The molecule has 2 heterocycles. The number of hydrogen-bond donors (Lipinski definition) is 1. The molecule has 220 valence electrons. The van der Waals surface area contributed by atoms with E-state index in [9.17, 15) is 32.3 Å². The van der Waals surface area contributed by atoms with Crippen molar-refractivity contribution in [2.45, 2.75) is 57.9 Å². The molecule has 13 heteroatoms. The van der Waals surface area contributed by atoms with Crippen molar-refractivity contribution in [3.05, 3.63) is 58.4 Å². The molecule has 0 bridgehead atoms. The largest absolute Gasteiger partial charge is 0.416 e. The lowest BCUT2D eigenvalue weighted by molar-refractivity contribution is -0.142. The van der Waals surface area contributed by atoms with Gasteiger partial charge in [-0.3, -0.25) is 9.59 Å². The number of rotatable bonds is 7. The Labute approximate surface area is 232 Å². The first kappa shape index (κ1) is 29.1. The highest BCUT2D eigenvalue weighted by atomic mass is 19.4. The second-order valence-corrected chi connectivity index (χ2v) is 10.7. The SMILES string of the molecule is CCN(CC)C1CC(CN2C(=O)C(O)(c3c(F)cc(F)cc3F)c3c2cc(N2N=C(C)CC2=O)cc3C(F)(F)F)C1. The van der Waals surface area contributed by atoms with Crippen LogP contribution in [0.4, 0.5) is 37.7 Å². The van der Waals surface area contributed by atoms with Crippen LogP contribution in [0.2, 0.25) is 0 Å². The summed E-state index contributed by atoms with van der Waals surface area (Å²) in [5.74, 6) is -7.02. The van der Waals surface area contributed by atoms with Gasteiger partial charge in [0, 0.05) is 36.0 Å². The number of anilines is 2. The third kappa shape index (κ3) is 4.68. The van der Waals surface area contributed by atoms with Gasteiger partial charge in [0.2, 0.25) is 5.60 Å². The number of amides is 2. The number of hydrogen-bond acceptors (Lipinski definition) is 5. The molecule has 1 atom stereocenters. The Kier molecular flexibility index (Phi) is 7.17. The van der Waals surface area contributed by atoms with E-state index in [1.54, 1.807) is 0 Å². The zero-order chi connectivity index (χ0) is 30.0. The maximum atomic E-state index is 15.0. The van der Waals surface area contributed by atoms with E-state index < -0.39 is 63.4 Å². The topological polar surface area (TPSA) is 76.5 Å². The normalized spacial score (nSPS) is 24.3. The van der Waals surface area contributed by atoms with Gasteiger partial charge >= 0.3 is 6.18 Å². The molecule has 2 aromatic rings. The molecule has 1 fully saturated rings. The minimum Gasteiger partial charge on any atom is -0.371 e. The molecule has 1 saturated carbocycles. The van der Waals surface area contributed by atoms with Crippen molar-refractivity contribution >= 4 is 28.9 Å². The van der Waals surface area contributed by atoms with Crippen LogP contribution in [0.1, 0.15) is 56.7 Å². The Bertz CT molecular complexity index is 1430. The summed E-state index contributed by atoms with van der Waals surface area (Å²) in [5.41, 5.74) is -7.97. The summed E-state index contributed by atoms with van der Waals surface area (Å²) in [7, 11) is 0. The number of carbonyl (C=O) groups is 2. The van der Waals surface area contributed by atoms with Crippen LogP contribution in [0.5, 0.6) is 0 Å². The molecule has 7 nitrogen and oxygen atoms in total. The fraction of sp³-hybridized carbons (Fsp3) is 0.464. The Morgan fingerprint density at radius 1 is 1.02 bits per heavy atom. The van der Waals surface area contributed by atoms with E-state index in [4.69, 9.17) is 0 Å². The predicted octanol–water partition coefficient (Wildman–Crippen LogP) is 4.94. The van der Waals surface area contributed by atoms with Gasteiger partial charge in [-0.25, -0.2) is 18.2 Å². The van der Waals surface area contributed by atoms with Gasteiger partial charge in [-0.1, -0.05) is 13.8 Å². The van der Waals surface area contributed by atoms with Crippen molar-refractivity contribution < 1.29 is 41.0 Å². The first-order chi connectivity index (χ1) is 19.2. The summed E-state index contributed by atoms with van der Waals surface area (Å²) in [5, 5.41) is 16.5. The Morgan fingerprint density at radius 2 is 1.63 bits per heavy atom. The molecule has 2 aromatic carbocycles. The van der Waals surface area contributed by atoms with E-state index in [1.807, 2.05) is 13.8 Å². The zero-order valence-corrected chi connectivity index (χ0v) is 22.5. The van der Waals surface area contributed by atoms with Crippen LogP contribution < -0.4 is 9.91 Å². The molecule has 1 N–H and O–H groups in total. The highest BCUT2D eigenvalue weighted by Crippen LogP contribution is 2.53. The molecule has 0 spiro atoms. The molecule has 5 rings (SSSR count). The van der Waals surface area contributed by atoms with Crippen LogP contribution in [0.25, 0.3) is 0 Å². The molecule has 3 aliphatic rings. The van der Waals surface area contributed by atoms with Crippen LogP contribution in [0.15, 0.2) is 29.4 Å². The number of carbonyl (C=O) groups excluding carboxylic acids is 2. The van der Waals surface area contributed by atoms with Crippen LogP contribution >= 0.6 is 0 Å². The number of aliphatic hydroxyl groups is 1. The van der Waals surface area contributed by atoms with E-state index in [0.717, 1.165) is 29.1 Å². The number of hydrazone groups is 1. The van der Waals surface area contributed by atoms with Crippen molar-refractivity contribution in [3.63, 3.8) is 0 Å². The number of halogens is 6. The molecule has 0 aromatic heterocycles. The monoisotopic (exact) mass is 582 g/mol. The fourth-order valence-corrected chi connectivity index (χ4v) is 6.17. The lowest BCUT2D eigenvalue weighted by Gasteiger charge is -2.43. The van der Waals surface area contributed by atoms with E-state index in [2.05, 4.69) is 10.0 Å². The van der Waals surface area contributed by atoms with Gasteiger partial charge in [-0.15, -0.1) is 0 Å². The van der Waals surface area contributed by atoms with E-state index >= 15 is 8.78 Å². The zero-order valence-electron chi connectivity index (χ0n) is 22.5. The van der Waals surface area contributed by atoms with Gasteiger partial charge in [-0.2, -0.15) is 18.3 Å². The van der Waals surface area contributed by atoms with Crippen molar-refractivity contribution in [2.24, 2.45) is 11.0 Å². The third-order valence-corrected chi connectivity index (χ3v) is 8.12. The number of fused-ring (bicyclic) bond motifs is 1. The molecule has 2 aliphatic heterocycles. The van der Waals surface area contributed by atoms with Crippen molar-refractivity contribution in [3.8, 4) is 0 Å². The average molecular weight is 583 g/mol. The summed E-state index contributed by atoms with van der Waals surface area (Å²) in [6, 6.07) is 2.16. The lowest BCUT2D eigenvalue weighted by atomic mass is 9.78. The van der Waals surface area contributed by atoms with Crippen LogP contribution in [0, 0.1) is 23.4 Å². The van der Waals surface area contributed by atoms with Gasteiger partial charge in [-0.05, 0) is 50.9 Å². The summed E-state index contributed by atoms with van der Waals surface area (Å²) >= 11 is 0. The van der Waals surface area contributed by atoms with Crippen molar-refractivity contribution in [1.82, 2.24) is 4.90 Å². The van der Waals surface area contributed by atoms with Crippen LogP contribution in [-0.4, -0.2) is 53.2 Å². The predicted molar refractivity (Wildman–Crippen MR) is 138 cm³/mol. The van der Waals surface area contributed by atoms with Gasteiger partial charge in [0.15, 0.2) is 0 Å². The molecule has 2 amide bonds. The maximum Gasteiger partial charge on any atom is 0.416 e. The summed E-state index contributed by atoms with van der Waals surface area (Å²) in [4.78, 5) is 29.5. The molecule has 1 aliphatic carbocycles. The molecule has 1 unspecified atom stereocenters. The van der Waals surface area contributed by atoms with Gasteiger partial charge < -0.3 is 14.9 Å². The number of benzene rings is 2. The molecular formula is C28H28F6N4O3. The minimum absolute atomic E-state index is 0.133. The maximum absolute atomic E-state index is 15.0. The second kappa shape index (κ2) is 10.1. The minimum atomic E-state index is -5.23. The second-order valence-electron chi connectivity index (χ2n) is 10.7. The van der Waals surface area contributed by atoms with E-state index in [1.165, 1.54) is 6.92 Å². The Balaban J connectivity index is 1.70. The average Bonchev–Trinajstić information content (AvgIpc) is 3.29. The number of nitrogens with zero attached hydrogens (tertiary/aromatic N) is 4. The molecular weight excluding hydrogens is 554 g/mol. The van der Waals surface area contributed by atoms with Gasteiger partial charge in [0.1, 0.15) is 17.5 Å². The van der Waals surface area contributed by atoms with Crippen LogP contribution in [-0.2, 0) is 21.4 Å². The quantitative estimate of drug-likeness (QED) is 0.470.